The Hall–Kier alpha value is -2.91. The van der Waals surface area contributed by atoms with Gasteiger partial charge in [-0.1, -0.05) is 72.8 Å². The first-order valence-corrected chi connectivity index (χ1v) is 13.2. The quantitative estimate of drug-likeness (QED) is 0.347. The first-order chi connectivity index (χ1) is 16.9. The summed E-state index contributed by atoms with van der Waals surface area (Å²) in [6.07, 6.45) is 3.63. The highest BCUT2D eigenvalue weighted by atomic mass is 32.2. The molecule has 3 aromatic carbocycles. The van der Waals surface area contributed by atoms with Gasteiger partial charge in [0.1, 0.15) is 5.75 Å². The fraction of sp³-hybridized carbons (Fsp3) is 0.259. The zero-order valence-electron chi connectivity index (χ0n) is 20.1. The maximum Gasteiger partial charge on any atom is 0.373 e. The van der Waals surface area contributed by atoms with Crippen LogP contribution in [0.3, 0.4) is 0 Å². The maximum absolute atomic E-state index is 12.9. The van der Waals surface area contributed by atoms with Crippen molar-refractivity contribution in [1.29, 1.82) is 0 Å². The number of hydrogen-bond acceptors (Lipinski definition) is 6. The lowest BCUT2D eigenvalue weighted by Gasteiger charge is -2.27. The van der Waals surface area contributed by atoms with Gasteiger partial charge in [-0.15, -0.1) is 0 Å². The molecular formula is C27H32BNO5S. The largest absolute Gasteiger partial charge is 0.497 e. The third-order valence-electron chi connectivity index (χ3n) is 5.53. The zero-order valence-corrected chi connectivity index (χ0v) is 20.9. The van der Waals surface area contributed by atoms with Crippen LogP contribution in [0.25, 0.3) is 6.08 Å². The number of ether oxygens (including phenoxy) is 2. The predicted octanol–water partition coefficient (Wildman–Crippen LogP) is 4.23. The van der Waals surface area contributed by atoms with Gasteiger partial charge in [0.05, 0.1) is 30.5 Å². The van der Waals surface area contributed by atoms with Gasteiger partial charge in [0.2, 0.25) is 0 Å². The number of nitrogens with one attached hydrogen (secondary N) is 1. The summed E-state index contributed by atoms with van der Waals surface area (Å²) < 4.78 is 37.3. The van der Waals surface area contributed by atoms with Crippen LogP contribution in [0.2, 0.25) is 6.82 Å². The Kier molecular flexibility index (Phi) is 10.1. The van der Waals surface area contributed by atoms with Gasteiger partial charge in [0, 0.05) is 6.04 Å². The van der Waals surface area contributed by atoms with Crippen molar-refractivity contribution in [2.45, 2.75) is 36.9 Å². The van der Waals surface area contributed by atoms with E-state index in [-0.39, 0.29) is 17.1 Å². The molecule has 2 atom stereocenters. The fourth-order valence-electron chi connectivity index (χ4n) is 3.67. The Bertz CT molecular complexity index is 1150. The molecule has 184 valence electrons. The Morgan fingerprint density at radius 2 is 1.60 bits per heavy atom. The summed E-state index contributed by atoms with van der Waals surface area (Å²) in [4.78, 5) is 0.284. The lowest BCUT2D eigenvalue weighted by molar-refractivity contribution is 0.0499. The van der Waals surface area contributed by atoms with Crippen molar-refractivity contribution in [1.82, 2.24) is 5.23 Å². The molecule has 2 N–H and O–H groups in total. The Morgan fingerprint density at radius 3 is 2.20 bits per heavy atom. The molecule has 3 aromatic rings. The van der Waals surface area contributed by atoms with Crippen molar-refractivity contribution in [2.24, 2.45) is 0 Å². The average Bonchev–Trinajstić information content (AvgIpc) is 2.88. The lowest BCUT2D eigenvalue weighted by Crippen LogP contribution is -2.48. The SMILES string of the molecule is COc1ccc(CO[C@@H](/C=C/c2ccccc2)[C@H](CCS(=O)(=O)c2ccccc2)NB(C)O)cc1. The summed E-state index contributed by atoms with van der Waals surface area (Å²) in [6.45, 7) is 1.93. The van der Waals surface area contributed by atoms with Crippen LogP contribution < -0.4 is 9.96 Å². The zero-order chi connectivity index (χ0) is 25.1. The van der Waals surface area contributed by atoms with Crippen LogP contribution in [0, 0.1) is 0 Å². The van der Waals surface area contributed by atoms with E-state index in [1.54, 1.807) is 44.3 Å². The Labute approximate surface area is 208 Å². The molecule has 0 aliphatic rings. The van der Waals surface area contributed by atoms with Gasteiger partial charge < -0.3 is 19.7 Å². The molecule has 0 spiro atoms. The minimum absolute atomic E-state index is 0.0804. The topological polar surface area (TPSA) is 84.9 Å². The Balaban J connectivity index is 1.80. The van der Waals surface area contributed by atoms with E-state index in [9.17, 15) is 13.4 Å². The van der Waals surface area contributed by atoms with E-state index in [4.69, 9.17) is 9.47 Å². The number of benzene rings is 3. The van der Waals surface area contributed by atoms with Gasteiger partial charge in [-0.2, -0.15) is 0 Å². The van der Waals surface area contributed by atoms with E-state index in [2.05, 4.69) is 5.23 Å². The van der Waals surface area contributed by atoms with Crippen molar-refractivity contribution >= 4 is 23.0 Å². The van der Waals surface area contributed by atoms with Crippen LogP contribution in [-0.4, -0.2) is 45.5 Å². The number of methoxy groups -OCH3 is 1. The van der Waals surface area contributed by atoms with Crippen molar-refractivity contribution < 1.29 is 22.9 Å². The van der Waals surface area contributed by atoms with E-state index >= 15 is 0 Å². The van der Waals surface area contributed by atoms with Crippen molar-refractivity contribution in [3.8, 4) is 5.75 Å². The normalized spacial score (nSPS) is 13.5. The van der Waals surface area contributed by atoms with Gasteiger partial charge in [0.25, 0.3) is 0 Å². The predicted molar refractivity (Wildman–Crippen MR) is 141 cm³/mol. The molecule has 0 unspecified atom stereocenters. The molecule has 0 saturated carbocycles. The average molecular weight is 493 g/mol. The molecule has 8 heteroatoms. The van der Waals surface area contributed by atoms with Crippen molar-refractivity contribution in [3.05, 3.63) is 102 Å². The summed E-state index contributed by atoms with van der Waals surface area (Å²) in [5.41, 5.74) is 1.95. The molecule has 0 aromatic heterocycles. The molecule has 0 radical (unpaired) electrons. The summed E-state index contributed by atoms with van der Waals surface area (Å²) >= 11 is 0. The standard InChI is InChI=1S/C27H32BNO5S/c1-28(30)29-26(19-20-35(31,32)25-11-7-4-8-12-25)27(18-15-22-9-5-3-6-10-22)34-21-23-13-16-24(33-2)17-14-23/h3-18,26-27,29-30H,19-21H2,1-2H3/b18-15+/t26-,27-/m0/s1. The molecule has 0 heterocycles. The third-order valence-corrected chi connectivity index (χ3v) is 7.29. The Morgan fingerprint density at radius 1 is 0.971 bits per heavy atom. The van der Waals surface area contributed by atoms with E-state index in [0.29, 0.717) is 6.61 Å². The highest BCUT2D eigenvalue weighted by Gasteiger charge is 2.26. The smallest absolute Gasteiger partial charge is 0.373 e. The molecule has 3 rings (SSSR count). The minimum Gasteiger partial charge on any atom is -0.497 e. The molecule has 6 nitrogen and oxygen atoms in total. The van der Waals surface area contributed by atoms with Gasteiger partial charge in [-0.05, 0) is 48.6 Å². The minimum atomic E-state index is -3.48. The fourth-order valence-corrected chi connectivity index (χ4v) is 5.04. The van der Waals surface area contributed by atoms with Gasteiger partial charge in [-0.25, -0.2) is 8.42 Å². The second-order valence-corrected chi connectivity index (χ2v) is 10.4. The molecule has 0 bridgehead atoms. The molecule has 0 saturated heterocycles. The van der Waals surface area contributed by atoms with Crippen LogP contribution in [0.1, 0.15) is 17.5 Å². The third kappa shape index (κ3) is 8.67. The van der Waals surface area contributed by atoms with Crippen LogP contribution in [0.15, 0.2) is 95.9 Å². The van der Waals surface area contributed by atoms with E-state index in [0.717, 1.165) is 16.9 Å². The lowest BCUT2D eigenvalue weighted by atomic mass is 9.85. The number of rotatable bonds is 13. The van der Waals surface area contributed by atoms with Gasteiger partial charge in [-0.3, -0.25) is 0 Å². The summed E-state index contributed by atoms with van der Waals surface area (Å²) in [5, 5.41) is 13.2. The molecule has 0 aliphatic carbocycles. The maximum atomic E-state index is 12.9. The highest BCUT2D eigenvalue weighted by molar-refractivity contribution is 7.91. The summed E-state index contributed by atoms with van der Waals surface area (Å²) in [7, 11) is -2.70. The van der Waals surface area contributed by atoms with Crippen LogP contribution in [0.5, 0.6) is 5.75 Å². The van der Waals surface area contributed by atoms with E-state index in [1.807, 2.05) is 66.7 Å². The van der Waals surface area contributed by atoms with Crippen molar-refractivity contribution in [2.75, 3.05) is 12.9 Å². The second-order valence-electron chi connectivity index (χ2n) is 8.26. The molecule has 0 fully saturated rings. The summed E-state index contributed by atoms with van der Waals surface area (Å²) in [5.74, 6) is 0.678. The first-order valence-electron chi connectivity index (χ1n) is 11.6. The molecule has 0 aliphatic heterocycles. The highest BCUT2D eigenvalue weighted by Crippen LogP contribution is 2.18. The molecule has 0 amide bonds. The molecule has 35 heavy (non-hydrogen) atoms. The van der Waals surface area contributed by atoms with Crippen molar-refractivity contribution in [3.63, 3.8) is 0 Å². The summed E-state index contributed by atoms with van der Waals surface area (Å²) in [6, 6.07) is 25.3. The van der Waals surface area contributed by atoms with E-state index in [1.165, 1.54) is 0 Å². The van der Waals surface area contributed by atoms with Gasteiger partial charge in [0.15, 0.2) is 9.84 Å². The van der Waals surface area contributed by atoms with Crippen LogP contribution in [0.4, 0.5) is 0 Å². The number of sulfone groups is 1. The molecular weight excluding hydrogens is 461 g/mol. The van der Waals surface area contributed by atoms with E-state index < -0.39 is 29.0 Å². The first kappa shape index (κ1) is 26.7. The van der Waals surface area contributed by atoms with Crippen LogP contribution in [-0.2, 0) is 21.2 Å². The monoisotopic (exact) mass is 493 g/mol. The number of hydrogen-bond donors (Lipinski definition) is 2. The van der Waals surface area contributed by atoms with Crippen LogP contribution >= 0.6 is 0 Å². The van der Waals surface area contributed by atoms with Gasteiger partial charge >= 0.3 is 7.05 Å². The second kappa shape index (κ2) is 13.3.